The van der Waals surface area contributed by atoms with Gasteiger partial charge in [0.1, 0.15) is 0 Å². The fraction of sp³-hybridized carbons (Fsp3) is 1.00. The molecular weight excluding hydrogens is 352 g/mol. The van der Waals surface area contributed by atoms with Crippen molar-refractivity contribution in [2.24, 2.45) is 46.3 Å². The van der Waals surface area contributed by atoms with E-state index < -0.39 is 17.0 Å². The molecule has 0 aliphatic heterocycles. The second kappa shape index (κ2) is 6.67. The van der Waals surface area contributed by atoms with Crippen LogP contribution in [0.3, 0.4) is 0 Å². The molecule has 0 aromatic heterocycles. The van der Waals surface area contributed by atoms with E-state index in [0.29, 0.717) is 23.7 Å². The van der Waals surface area contributed by atoms with Crippen LogP contribution >= 0.6 is 0 Å². The minimum atomic E-state index is -2.44. The van der Waals surface area contributed by atoms with E-state index in [1.165, 1.54) is 32.1 Å². The molecular formula is C24H42O4. The molecule has 0 aromatic rings. The fourth-order valence-corrected chi connectivity index (χ4v) is 9.03. The summed E-state index contributed by atoms with van der Waals surface area (Å²) in [5.74, 6) is -1.87. The zero-order valence-corrected chi connectivity index (χ0v) is 18.3. The molecule has 0 radical (unpaired) electrons. The third kappa shape index (κ3) is 2.57. The van der Waals surface area contributed by atoms with E-state index in [4.69, 9.17) is 0 Å². The Morgan fingerprint density at radius 2 is 1.57 bits per heavy atom. The highest BCUT2D eigenvalue weighted by molar-refractivity contribution is 5.15. The quantitative estimate of drug-likeness (QED) is 0.544. The van der Waals surface area contributed by atoms with Gasteiger partial charge in [-0.1, -0.05) is 40.5 Å². The molecule has 4 aliphatic carbocycles. The Balaban J connectivity index is 1.66. The van der Waals surface area contributed by atoms with Gasteiger partial charge in [-0.2, -0.15) is 0 Å². The van der Waals surface area contributed by atoms with Gasteiger partial charge < -0.3 is 20.4 Å². The summed E-state index contributed by atoms with van der Waals surface area (Å²) in [4.78, 5) is 0. The molecule has 0 saturated heterocycles. The molecule has 28 heavy (non-hydrogen) atoms. The molecule has 1 unspecified atom stereocenters. The van der Waals surface area contributed by atoms with Gasteiger partial charge in [0.05, 0.1) is 0 Å². The maximum absolute atomic E-state index is 11.1. The van der Waals surface area contributed by atoms with E-state index in [1.54, 1.807) is 0 Å². The van der Waals surface area contributed by atoms with Gasteiger partial charge in [0, 0.05) is 11.8 Å². The molecule has 4 nitrogen and oxygen atoms in total. The zero-order chi connectivity index (χ0) is 20.5. The lowest BCUT2D eigenvalue weighted by atomic mass is 9.42. The standard InChI is InChI=1S/C24H42O4/c1-5-6-15(2)18-9-10-19-17-8-7-16-11-14-23(25,26)24(27,28)22(16,4)20(17)12-13-21(18,19)3/h15-20,25-28H,5-14H2,1-4H3/t15-,16?,17+,18-,19+,20+,21-,22+/m1/s1. The third-order valence-electron chi connectivity index (χ3n) is 10.6. The number of hydrogen-bond acceptors (Lipinski definition) is 4. The molecule has 162 valence electrons. The minimum absolute atomic E-state index is 0.0510. The fourth-order valence-electron chi connectivity index (χ4n) is 9.03. The van der Waals surface area contributed by atoms with Gasteiger partial charge >= 0.3 is 0 Å². The highest BCUT2D eigenvalue weighted by Gasteiger charge is 2.71. The lowest BCUT2D eigenvalue weighted by molar-refractivity contribution is -0.436. The minimum Gasteiger partial charge on any atom is -0.361 e. The molecule has 4 aliphatic rings. The SMILES string of the molecule is CCC[C@@H](C)[C@H]1CC[C@H]2[C@@H]3CCC4CCC(O)(O)C(O)(O)[C@]4(C)[C@H]3CC[C@]12C. The van der Waals surface area contributed by atoms with Gasteiger partial charge in [-0.3, -0.25) is 0 Å². The summed E-state index contributed by atoms with van der Waals surface area (Å²) in [6.07, 6.45) is 10.1. The second-order valence-corrected chi connectivity index (χ2v) is 11.5. The number of fused-ring (bicyclic) bond motifs is 5. The Hall–Kier alpha value is -0.160. The Morgan fingerprint density at radius 1 is 0.857 bits per heavy atom. The first-order chi connectivity index (χ1) is 13.0. The Labute approximate surface area is 170 Å². The molecule has 0 heterocycles. The van der Waals surface area contributed by atoms with Crippen LogP contribution in [0.1, 0.15) is 91.9 Å². The molecule has 4 fully saturated rings. The predicted octanol–water partition coefficient (Wildman–Crippen LogP) is 4.05. The van der Waals surface area contributed by atoms with Crippen LogP contribution in [-0.4, -0.2) is 32.0 Å². The zero-order valence-electron chi connectivity index (χ0n) is 18.3. The van der Waals surface area contributed by atoms with Gasteiger partial charge in [-0.05, 0) is 85.9 Å². The smallest absolute Gasteiger partial charge is 0.224 e. The van der Waals surface area contributed by atoms with Crippen LogP contribution in [0.5, 0.6) is 0 Å². The maximum Gasteiger partial charge on any atom is 0.224 e. The van der Waals surface area contributed by atoms with Crippen molar-refractivity contribution in [3.05, 3.63) is 0 Å². The molecule has 4 N–H and O–H groups in total. The van der Waals surface area contributed by atoms with E-state index in [-0.39, 0.29) is 18.3 Å². The number of aliphatic hydroxyl groups is 4. The third-order valence-corrected chi connectivity index (χ3v) is 10.6. The molecule has 8 atom stereocenters. The van der Waals surface area contributed by atoms with Gasteiger partial charge in [-0.25, -0.2) is 0 Å². The Morgan fingerprint density at radius 3 is 2.25 bits per heavy atom. The van der Waals surface area contributed by atoms with Gasteiger partial charge in [-0.15, -0.1) is 0 Å². The first-order valence-electron chi connectivity index (χ1n) is 11.9. The predicted molar refractivity (Wildman–Crippen MR) is 109 cm³/mol. The highest BCUT2D eigenvalue weighted by Crippen LogP contribution is 2.70. The molecule has 0 spiro atoms. The number of hydrogen-bond donors (Lipinski definition) is 4. The van der Waals surface area contributed by atoms with Crippen molar-refractivity contribution in [1.29, 1.82) is 0 Å². The first-order valence-corrected chi connectivity index (χ1v) is 11.9. The Kier molecular flexibility index (Phi) is 5.02. The monoisotopic (exact) mass is 394 g/mol. The van der Waals surface area contributed by atoms with Crippen LogP contribution in [0.2, 0.25) is 0 Å². The summed E-state index contributed by atoms with van der Waals surface area (Å²) < 4.78 is 0. The summed E-state index contributed by atoms with van der Waals surface area (Å²) in [7, 11) is 0. The van der Waals surface area contributed by atoms with E-state index in [0.717, 1.165) is 31.1 Å². The summed E-state index contributed by atoms with van der Waals surface area (Å²) in [6.45, 7) is 9.18. The summed E-state index contributed by atoms with van der Waals surface area (Å²) in [5, 5.41) is 43.1. The van der Waals surface area contributed by atoms with Crippen molar-refractivity contribution in [1.82, 2.24) is 0 Å². The van der Waals surface area contributed by atoms with Crippen molar-refractivity contribution in [3.8, 4) is 0 Å². The summed E-state index contributed by atoms with van der Waals surface area (Å²) in [5.41, 5.74) is -0.483. The lowest BCUT2D eigenvalue weighted by Crippen LogP contribution is -2.73. The molecule has 0 amide bonds. The van der Waals surface area contributed by atoms with Crippen molar-refractivity contribution in [3.63, 3.8) is 0 Å². The average Bonchev–Trinajstić information content (AvgIpc) is 2.97. The van der Waals surface area contributed by atoms with Crippen molar-refractivity contribution in [2.45, 2.75) is 103 Å². The van der Waals surface area contributed by atoms with Crippen LogP contribution in [-0.2, 0) is 0 Å². The summed E-state index contributed by atoms with van der Waals surface area (Å²) >= 11 is 0. The van der Waals surface area contributed by atoms with Crippen LogP contribution in [0.15, 0.2) is 0 Å². The van der Waals surface area contributed by atoms with Gasteiger partial charge in [0.2, 0.25) is 11.6 Å². The van der Waals surface area contributed by atoms with Crippen molar-refractivity contribution < 1.29 is 20.4 Å². The van der Waals surface area contributed by atoms with Crippen LogP contribution in [0.4, 0.5) is 0 Å². The van der Waals surface area contributed by atoms with Crippen LogP contribution < -0.4 is 0 Å². The largest absolute Gasteiger partial charge is 0.361 e. The van der Waals surface area contributed by atoms with Crippen molar-refractivity contribution >= 4 is 0 Å². The molecule has 4 saturated carbocycles. The topological polar surface area (TPSA) is 80.9 Å². The van der Waals surface area contributed by atoms with E-state index in [2.05, 4.69) is 20.8 Å². The number of rotatable bonds is 3. The van der Waals surface area contributed by atoms with E-state index >= 15 is 0 Å². The highest BCUT2D eigenvalue weighted by atomic mass is 16.6. The van der Waals surface area contributed by atoms with E-state index in [9.17, 15) is 20.4 Å². The molecule has 4 heteroatoms. The normalized spacial score (nSPS) is 50.4. The first kappa shape index (κ1) is 21.1. The van der Waals surface area contributed by atoms with E-state index in [1.807, 2.05) is 6.92 Å². The molecule has 4 rings (SSSR count). The van der Waals surface area contributed by atoms with Crippen LogP contribution in [0.25, 0.3) is 0 Å². The van der Waals surface area contributed by atoms with Crippen molar-refractivity contribution in [2.75, 3.05) is 0 Å². The average molecular weight is 395 g/mol. The molecule has 0 aromatic carbocycles. The van der Waals surface area contributed by atoms with Crippen LogP contribution in [0, 0.1) is 46.3 Å². The second-order valence-electron chi connectivity index (χ2n) is 11.5. The molecule has 0 bridgehead atoms. The van der Waals surface area contributed by atoms with Gasteiger partial charge in [0.25, 0.3) is 0 Å². The Bertz CT molecular complexity index is 601. The lowest BCUT2D eigenvalue weighted by Gasteiger charge is -2.65. The maximum atomic E-state index is 11.1. The summed E-state index contributed by atoms with van der Waals surface area (Å²) in [6, 6.07) is 0. The van der Waals surface area contributed by atoms with Gasteiger partial charge in [0.15, 0.2) is 0 Å².